The molecule has 0 N–H and O–H groups in total. The Labute approximate surface area is 95.0 Å². The summed E-state index contributed by atoms with van der Waals surface area (Å²) < 4.78 is 15.6. The van der Waals surface area contributed by atoms with Crippen LogP contribution in [0.25, 0.3) is 0 Å². The van der Waals surface area contributed by atoms with Gasteiger partial charge in [-0.25, -0.2) is 0 Å². The molecule has 0 bridgehead atoms. The molecule has 1 aliphatic rings. The average molecular weight is 230 g/mol. The summed E-state index contributed by atoms with van der Waals surface area (Å²) in [5.41, 5.74) is 0. The molecule has 5 nitrogen and oxygen atoms in total. The van der Waals surface area contributed by atoms with Gasteiger partial charge in [-0.3, -0.25) is 9.59 Å². The van der Waals surface area contributed by atoms with Gasteiger partial charge in [0.25, 0.3) is 0 Å². The molecule has 5 heteroatoms. The normalized spacial score (nSPS) is 33.5. The largest absolute Gasteiger partial charge is 0.463 e. The van der Waals surface area contributed by atoms with Gasteiger partial charge in [-0.1, -0.05) is 6.92 Å². The second-order valence-corrected chi connectivity index (χ2v) is 4.12. The van der Waals surface area contributed by atoms with Gasteiger partial charge in [0.15, 0.2) is 0 Å². The van der Waals surface area contributed by atoms with Gasteiger partial charge in [-0.2, -0.15) is 0 Å². The molecule has 0 unspecified atom stereocenters. The summed E-state index contributed by atoms with van der Waals surface area (Å²) in [6.45, 7) is 6.68. The van der Waals surface area contributed by atoms with Crippen LogP contribution in [-0.2, 0) is 23.8 Å². The second kappa shape index (κ2) is 5.30. The number of rotatable bonds is 3. The van der Waals surface area contributed by atoms with Crippen LogP contribution in [0.3, 0.4) is 0 Å². The van der Waals surface area contributed by atoms with Gasteiger partial charge >= 0.3 is 11.9 Å². The fourth-order valence-corrected chi connectivity index (χ4v) is 1.79. The van der Waals surface area contributed by atoms with E-state index in [0.29, 0.717) is 0 Å². The Bertz CT molecular complexity index is 276. The summed E-state index contributed by atoms with van der Waals surface area (Å²) in [4.78, 5) is 21.7. The van der Waals surface area contributed by atoms with E-state index in [1.807, 2.05) is 13.8 Å². The number of carbonyl (C=O) groups excluding carboxylic acids is 2. The first-order chi connectivity index (χ1) is 7.41. The Hall–Kier alpha value is -1.10. The lowest BCUT2D eigenvalue weighted by molar-refractivity contribution is -0.155. The molecular weight excluding hydrogens is 212 g/mol. The molecule has 0 aliphatic carbocycles. The Balaban J connectivity index is 2.59. The van der Waals surface area contributed by atoms with E-state index in [-0.39, 0.29) is 42.8 Å². The molecular formula is C11H18O5. The van der Waals surface area contributed by atoms with Crippen LogP contribution in [0.5, 0.6) is 0 Å². The van der Waals surface area contributed by atoms with Gasteiger partial charge in [0.2, 0.25) is 0 Å². The Morgan fingerprint density at radius 1 is 1.19 bits per heavy atom. The maximum Gasteiger partial charge on any atom is 0.303 e. The van der Waals surface area contributed by atoms with Crippen molar-refractivity contribution < 1.29 is 23.8 Å². The molecule has 1 fully saturated rings. The predicted octanol–water partition coefficient (Wildman–Crippen LogP) is 0.905. The molecule has 0 aromatic carbocycles. The summed E-state index contributed by atoms with van der Waals surface area (Å²) in [6, 6.07) is 0. The fraction of sp³-hybridized carbons (Fsp3) is 0.818. The molecule has 0 saturated carbocycles. The molecule has 0 aromatic heterocycles. The topological polar surface area (TPSA) is 61.8 Å². The SMILES string of the molecule is CC(=O)OC[C@H]1O[C@@H](C)[C@H](C)[C@@H]1OC(C)=O. The molecule has 1 aliphatic heterocycles. The zero-order valence-corrected chi connectivity index (χ0v) is 10.1. The maximum absolute atomic E-state index is 11.0. The van der Waals surface area contributed by atoms with Crippen LogP contribution in [0.4, 0.5) is 0 Å². The highest BCUT2D eigenvalue weighted by Crippen LogP contribution is 2.29. The summed E-state index contributed by atoms with van der Waals surface area (Å²) in [7, 11) is 0. The number of hydrogen-bond acceptors (Lipinski definition) is 5. The zero-order valence-electron chi connectivity index (χ0n) is 10.1. The van der Waals surface area contributed by atoms with Crippen molar-refractivity contribution in [2.24, 2.45) is 5.92 Å². The summed E-state index contributed by atoms with van der Waals surface area (Å²) in [5.74, 6) is -0.607. The van der Waals surface area contributed by atoms with Crippen molar-refractivity contribution in [3.8, 4) is 0 Å². The first-order valence-electron chi connectivity index (χ1n) is 5.38. The minimum atomic E-state index is -0.364. The fourth-order valence-electron chi connectivity index (χ4n) is 1.79. The zero-order chi connectivity index (χ0) is 12.3. The number of hydrogen-bond donors (Lipinski definition) is 0. The van der Waals surface area contributed by atoms with E-state index in [1.165, 1.54) is 13.8 Å². The third kappa shape index (κ3) is 3.20. The maximum atomic E-state index is 11.0. The second-order valence-electron chi connectivity index (χ2n) is 4.12. The molecule has 0 radical (unpaired) electrons. The van der Waals surface area contributed by atoms with E-state index in [2.05, 4.69) is 0 Å². The van der Waals surface area contributed by atoms with Gasteiger partial charge < -0.3 is 14.2 Å². The first kappa shape index (κ1) is 13.0. The van der Waals surface area contributed by atoms with Crippen LogP contribution >= 0.6 is 0 Å². The molecule has 0 amide bonds. The van der Waals surface area contributed by atoms with Crippen LogP contribution in [0.2, 0.25) is 0 Å². The molecule has 0 aromatic rings. The summed E-state index contributed by atoms with van der Waals surface area (Å²) in [5, 5.41) is 0. The molecule has 1 rings (SSSR count). The van der Waals surface area contributed by atoms with Crippen LogP contribution in [0.15, 0.2) is 0 Å². The van der Waals surface area contributed by atoms with E-state index in [0.717, 1.165) is 0 Å². The number of carbonyl (C=O) groups is 2. The third-order valence-corrected chi connectivity index (χ3v) is 2.77. The van der Waals surface area contributed by atoms with Gasteiger partial charge in [0.1, 0.15) is 18.8 Å². The highest BCUT2D eigenvalue weighted by molar-refractivity contribution is 5.66. The van der Waals surface area contributed by atoms with E-state index >= 15 is 0 Å². The Morgan fingerprint density at radius 2 is 1.81 bits per heavy atom. The first-order valence-corrected chi connectivity index (χ1v) is 5.38. The van der Waals surface area contributed by atoms with Crippen molar-refractivity contribution in [2.75, 3.05) is 6.61 Å². The van der Waals surface area contributed by atoms with E-state index < -0.39 is 0 Å². The third-order valence-electron chi connectivity index (χ3n) is 2.77. The van der Waals surface area contributed by atoms with Crippen molar-refractivity contribution in [1.29, 1.82) is 0 Å². The number of esters is 2. The quantitative estimate of drug-likeness (QED) is 0.674. The van der Waals surface area contributed by atoms with Crippen molar-refractivity contribution in [1.82, 2.24) is 0 Å². The number of ether oxygens (including phenoxy) is 3. The van der Waals surface area contributed by atoms with Crippen molar-refractivity contribution in [3.63, 3.8) is 0 Å². The predicted molar refractivity (Wildman–Crippen MR) is 55.7 cm³/mol. The lowest BCUT2D eigenvalue weighted by Crippen LogP contribution is -2.34. The highest BCUT2D eigenvalue weighted by Gasteiger charge is 2.42. The molecule has 1 heterocycles. The van der Waals surface area contributed by atoms with Crippen LogP contribution < -0.4 is 0 Å². The van der Waals surface area contributed by atoms with Crippen molar-refractivity contribution in [2.45, 2.75) is 46.0 Å². The smallest absolute Gasteiger partial charge is 0.303 e. The molecule has 1 saturated heterocycles. The molecule has 0 spiro atoms. The van der Waals surface area contributed by atoms with Gasteiger partial charge in [-0.05, 0) is 6.92 Å². The standard InChI is InChI=1S/C11H18O5/c1-6-7(2)15-10(5-14-8(3)12)11(6)16-9(4)13/h6-7,10-11H,5H2,1-4H3/t6-,7-,10+,11-/m0/s1. The lowest BCUT2D eigenvalue weighted by Gasteiger charge is -2.20. The van der Waals surface area contributed by atoms with Crippen molar-refractivity contribution in [3.05, 3.63) is 0 Å². The molecule has 4 atom stereocenters. The summed E-state index contributed by atoms with van der Waals surface area (Å²) in [6.07, 6.45) is -0.713. The molecule has 16 heavy (non-hydrogen) atoms. The van der Waals surface area contributed by atoms with Crippen LogP contribution in [-0.4, -0.2) is 36.9 Å². The summed E-state index contributed by atoms with van der Waals surface area (Å²) >= 11 is 0. The highest BCUT2D eigenvalue weighted by atomic mass is 16.6. The average Bonchev–Trinajstić information content (AvgIpc) is 2.42. The van der Waals surface area contributed by atoms with Crippen LogP contribution in [0.1, 0.15) is 27.7 Å². The minimum absolute atomic E-state index is 0.00934. The van der Waals surface area contributed by atoms with Gasteiger partial charge in [-0.15, -0.1) is 0 Å². The Morgan fingerprint density at radius 3 is 2.31 bits per heavy atom. The minimum Gasteiger partial charge on any atom is -0.463 e. The van der Waals surface area contributed by atoms with Gasteiger partial charge in [0.05, 0.1) is 6.10 Å². The van der Waals surface area contributed by atoms with E-state index in [9.17, 15) is 9.59 Å². The van der Waals surface area contributed by atoms with Crippen LogP contribution in [0, 0.1) is 5.92 Å². The van der Waals surface area contributed by atoms with Crippen molar-refractivity contribution >= 4 is 11.9 Å². The van der Waals surface area contributed by atoms with E-state index in [1.54, 1.807) is 0 Å². The monoisotopic (exact) mass is 230 g/mol. The molecule has 92 valence electrons. The Kier molecular flexibility index (Phi) is 4.29. The van der Waals surface area contributed by atoms with E-state index in [4.69, 9.17) is 14.2 Å². The van der Waals surface area contributed by atoms with Gasteiger partial charge in [0, 0.05) is 19.8 Å². The lowest BCUT2D eigenvalue weighted by atomic mass is 9.99.